The van der Waals surface area contributed by atoms with Crippen LogP contribution < -0.4 is 5.56 Å². The van der Waals surface area contributed by atoms with Crippen LogP contribution in [0.2, 0.25) is 5.15 Å². The topological polar surface area (TPSA) is 106 Å². The van der Waals surface area contributed by atoms with E-state index in [-0.39, 0.29) is 10.0 Å². The minimum atomic E-state index is -4.17. The van der Waals surface area contributed by atoms with Crippen LogP contribution in [0.15, 0.2) is 52.2 Å². The van der Waals surface area contributed by atoms with Crippen molar-refractivity contribution in [1.82, 2.24) is 9.19 Å². The van der Waals surface area contributed by atoms with Gasteiger partial charge < -0.3 is 5.11 Å². The first-order chi connectivity index (χ1) is 10.3. The van der Waals surface area contributed by atoms with Crippen LogP contribution in [0.3, 0.4) is 0 Å². The highest BCUT2D eigenvalue weighted by Crippen LogP contribution is 2.14. The number of carboxylic acid groups (broad SMARTS) is 1. The minimum Gasteiger partial charge on any atom is -0.478 e. The number of aromatic nitrogens is 2. The highest BCUT2D eigenvalue weighted by Gasteiger charge is 2.19. The van der Waals surface area contributed by atoms with Crippen LogP contribution in [-0.2, 0) is 14.8 Å². The molecular formula is C13H9ClN2O5S. The number of aliphatic carboxylic acids is 1. The van der Waals surface area contributed by atoms with E-state index in [9.17, 15) is 18.0 Å². The highest BCUT2D eigenvalue weighted by atomic mass is 35.5. The first kappa shape index (κ1) is 15.9. The van der Waals surface area contributed by atoms with Crippen LogP contribution in [0, 0.1) is 0 Å². The monoisotopic (exact) mass is 340 g/mol. The predicted molar refractivity (Wildman–Crippen MR) is 79.2 cm³/mol. The molecule has 2 aromatic rings. The molecule has 114 valence electrons. The second kappa shape index (κ2) is 6.12. The third-order valence-corrected chi connectivity index (χ3v) is 4.35. The van der Waals surface area contributed by atoms with Gasteiger partial charge in [-0.3, -0.25) is 4.79 Å². The summed E-state index contributed by atoms with van der Waals surface area (Å²) in [6.07, 6.45) is 2.23. The number of rotatable bonds is 4. The molecule has 0 aliphatic heterocycles. The van der Waals surface area contributed by atoms with E-state index in [2.05, 4.69) is 5.10 Å². The Hall–Kier alpha value is -2.45. The number of benzene rings is 1. The number of nitrogens with zero attached hydrogens (tertiary/aromatic N) is 2. The van der Waals surface area contributed by atoms with E-state index in [0.717, 1.165) is 12.1 Å². The summed E-state index contributed by atoms with van der Waals surface area (Å²) >= 11 is 5.61. The Morgan fingerprint density at radius 3 is 2.41 bits per heavy atom. The molecule has 0 bridgehead atoms. The third kappa shape index (κ3) is 3.41. The van der Waals surface area contributed by atoms with Gasteiger partial charge in [0.05, 0.1) is 4.90 Å². The molecule has 0 unspecified atom stereocenters. The molecule has 9 heteroatoms. The van der Waals surface area contributed by atoms with Crippen molar-refractivity contribution in [1.29, 1.82) is 0 Å². The summed E-state index contributed by atoms with van der Waals surface area (Å²) in [6, 6.07) is 7.48. The summed E-state index contributed by atoms with van der Waals surface area (Å²) in [5.41, 5.74) is -0.341. The predicted octanol–water partition coefficient (Wildman–Crippen LogP) is 1.23. The Morgan fingerprint density at radius 2 is 1.82 bits per heavy atom. The molecule has 1 N–H and O–H groups in total. The van der Waals surface area contributed by atoms with E-state index in [4.69, 9.17) is 16.7 Å². The molecule has 0 aliphatic carbocycles. The van der Waals surface area contributed by atoms with Gasteiger partial charge in [-0.2, -0.15) is 8.42 Å². The molecular weight excluding hydrogens is 332 g/mol. The SMILES string of the molecule is O=C(O)/C=C/c1ccc(S(=O)(=O)n2nc(Cl)ccc2=O)cc1. The van der Waals surface area contributed by atoms with Crippen molar-refractivity contribution in [3.05, 3.63) is 63.5 Å². The molecule has 0 radical (unpaired) electrons. The van der Waals surface area contributed by atoms with Crippen molar-refractivity contribution in [2.24, 2.45) is 0 Å². The van der Waals surface area contributed by atoms with E-state index in [0.29, 0.717) is 9.65 Å². The van der Waals surface area contributed by atoms with Gasteiger partial charge >= 0.3 is 5.97 Å². The molecule has 0 saturated carbocycles. The molecule has 1 aromatic heterocycles. The first-order valence-corrected chi connectivity index (χ1v) is 7.65. The van der Waals surface area contributed by atoms with Crippen molar-refractivity contribution in [2.75, 3.05) is 0 Å². The van der Waals surface area contributed by atoms with Gasteiger partial charge in [0.15, 0.2) is 5.15 Å². The van der Waals surface area contributed by atoms with Gasteiger partial charge in [0.1, 0.15) is 0 Å². The summed E-state index contributed by atoms with van der Waals surface area (Å²) in [6.45, 7) is 0. The minimum absolute atomic E-state index is 0.135. The highest BCUT2D eigenvalue weighted by molar-refractivity contribution is 7.89. The van der Waals surface area contributed by atoms with E-state index < -0.39 is 21.6 Å². The Kier molecular flexibility index (Phi) is 4.43. The lowest BCUT2D eigenvalue weighted by molar-refractivity contribution is -0.131. The zero-order chi connectivity index (χ0) is 16.3. The summed E-state index contributed by atoms with van der Waals surface area (Å²) in [7, 11) is -4.17. The van der Waals surface area contributed by atoms with Crippen LogP contribution in [0.25, 0.3) is 6.08 Å². The smallest absolute Gasteiger partial charge is 0.328 e. The fourth-order valence-electron chi connectivity index (χ4n) is 1.56. The molecule has 2 rings (SSSR count). The number of carbonyl (C=O) groups is 1. The lowest BCUT2D eigenvalue weighted by atomic mass is 10.2. The molecule has 7 nitrogen and oxygen atoms in total. The van der Waals surface area contributed by atoms with Crippen LogP contribution in [-0.4, -0.2) is 28.7 Å². The first-order valence-electron chi connectivity index (χ1n) is 5.83. The maximum atomic E-state index is 12.3. The van der Waals surface area contributed by atoms with E-state index >= 15 is 0 Å². The van der Waals surface area contributed by atoms with E-state index in [1.54, 1.807) is 0 Å². The fraction of sp³-hybridized carbons (Fsp3) is 0. The number of carboxylic acids is 1. The molecule has 0 fully saturated rings. The number of hydrogen-bond acceptors (Lipinski definition) is 5. The maximum absolute atomic E-state index is 12.3. The Labute approximate surface area is 130 Å². The van der Waals surface area contributed by atoms with Gasteiger partial charge in [-0.05, 0) is 29.8 Å². The molecule has 0 spiro atoms. The van der Waals surface area contributed by atoms with Crippen molar-refractivity contribution in [3.63, 3.8) is 0 Å². The van der Waals surface area contributed by atoms with Crippen molar-refractivity contribution in [2.45, 2.75) is 4.90 Å². The second-order valence-electron chi connectivity index (χ2n) is 4.08. The lowest BCUT2D eigenvalue weighted by Gasteiger charge is -2.06. The molecule has 22 heavy (non-hydrogen) atoms. The van der Waals surface area contributed by atoms with E-state index in [1.807, 2.05) is 0 Å². The standard InChI is InChI=1S/C13H9ClN2O5S/c14-11-6-7-12(17)16(15-11)22(20,21)10-4-1-9(2-5-10)3-8-13(18)19/h1-8H,(H,18,19)/b8-3+. The zero-order valence-electron chi connectivity index (χ0n) is 10.9. The Morgan fingerprint density at radius 1 is 1.18 bits per heavy atom. The summed E-state index contributed by atoms with van der Waals surface area (Å²) < 4.78 is 24.9. The van der Waals surface area contributed by atoms with Gasteiger partial charge in [-0.1, -0.05) is 23.7 Å². The van der Waals surface area contributed by atoms with Crippen molar-refractivity contribution < 1.29 is 18.3 Å². The van der Waals surface area contributed by atoms with Gasteiger partial charge in [0, 0.05) is 12.1 Å². The Bertz CT molecular complexity index is 901. The van der Waals surface area contributed by atoms with Crippen molar-refractivity contribution >= 4 is 33.7 Å². The average molecular weight is 341 g/mol. The third-order valence-electron chi connectivity index (χ3n) is 2.56. The van der Waals surface area contributed by atoms with Crippen LogP contribution >= 0.6 is 11.6 Å². The average Bonchev–Trinajstić information content (AvgIpc) is 2.48. The largest absolute Gasteiger partial charge is 0.478 e. The molecule has 0 amide bonds. The molecule has 1 aromatic carbocycles. The molecule has 0 aliphatic rings. The Balaban J connectivity index is 2.44. The second-order valence-corrected chi connectivity index (χ2v) is 6.24. The summed E-state index contributed by atoms with van der Waals surface area (Å²) in [4.78, 5) is 21.9. The normalized spacial score (nSPS) is 11.7. The van der Waals surface area contributed by atoms with E-state index in [1.165, 1.54) is 36.4 Å². The van der Waals surface area contributed by atoms with Crippen molar-refractivity contribution in [3.8, 4) is 0 Å². The van der Waals surface area contributed by atoms with Gasteiger partial charge in [-0.15, -0.1) is 9.19 Å². The van der Waals surface area contributed by atoms with Gasteiger partial charge in [-0.25, -0.2) is 4.79 Å². The zero-order valence-corrected chi connectivity index (χ0v) is 12.5. The van der Waals surface area contributed by atoms with Gasteiger partial charge in [0.2, 0.25) is 0 Å². The van der Waals surface area contributed by atoms with Crippen LogP contribution in [0.1, 0.15) is 5.56 Å². The number of hydrogen-bond donors (Lipinski definition) is 1. The lowest BCUT2D eigenvalue weighted by Crippen LogP contribution is -2.29. The number of halogens is 1. The molecule has 0 saturated heterocycles. The van der Waals surface area contributed by atoms with Crippen LogP contribution in [0.4, 0.5) is 0 Å². The molecule has 0 atom stereocenters. The quantitative estimate of drug-likeness (QED) is 0.839. The van der Waals surface area contributed by atoms with Crippen LogP contribution in [0.5, 0.6) is 0 Å². The summed E-state index contributed by atoms with van der Waals surface area (Å²) in [5, 5.41) is 11.9. The fourth-order valence-corrected chi connectivity index (χ4v) is 2.92. The summed E-state index contributed by atoms with van der Waals surface area (Å²) in [5.74, 6) is -1.12. The molecule has 1 heterocycles. The van der Waals surface area contributed by atoms with Gasteiger partial charge in [0.25, 0.3) is 15.6 Å². The maximum Gasteiger partial charge on any atom is 0.328 e.